The summed E-state index contributed by atoms with van der Waals surface area (Å²) < 4.78 is 5.33. The second-order valence-electron chi connectivity index (χ2n) is 6.35. The monoisotopic (exact) mass is 347 g/mol. The van der Waals surface area contributed by atoms with Gasteiger partial charge in [-0.15, -0.1) is 0 Å². The number of aryl methyl sites for hydroxylation is 1. The summed E-state index contributed by atoms with van der Waals surface area (Å²) >= 11 is 0. The number of fused-ring (bicyclic) bond motifs is 1. The Labute approximate surface area is 152 Å². The molecule has 6 nitrogen and oxygen atoms in total. The minimum Gasteiger partial charge on any atom is -0.497 e. The largest absolute Gasteiger partial charge is 0.497 e. The summed E-state index contributed by atoms with van der Waals surface area (Å²) in [5.74, 6) is 2.34. The van der Waals surface area contributed by atoms with Crippen LogP contribution in [-0.4, -0.2) is 28.2 Å². The van der Waals surface area contributed by atoms with Crippen molar-refractivity contribution >= 4 is 11.7 Å². The van der Waals surface area contributed by atoms with E-state index >= 15 is 0 Å². The molecule has 132 valence electrons. The average Bonchev–Trinajstić information content (AvgIpc) is 3.07. The Kier molecular flexibility index (Phi) is 4.41. The molecule has 3 aromatic rings. The lowest BCUT2D eigenvalue weighted by Gasteiger charge is -2.31. The second kappa shape index (κ2) is 7.01. The third-order valence-corrected chi connectivity index (χ3v) is 4.32. The molecule has 0 spiro atoms. The molecule has 1 aromatic heterocycles. The fourth-order valence-corrected chi connectivity index (χ4v) is 3.09. The summed E-state index contributed by atoms with van der Waals surface area (Å²) in [6.45, 7) is 3.50. The molecular formula is C20H21N5O. The van der Waals surface area contributed by atoms with Crippen molar-refractivity contribution in [2.24, 2.45) is 4.99 Å². The topological polar surface area (TPSA) is 65.5 Å². The first-order valence-electron chi connectivity index (χ1n) is 8.55. The SMILES string of the molecule is COc1cccc(CN2Cc3ccccc3C(=Nc3cc(C)[nH]n3)N2)c1. The summed E-state index contributed by atoms with van der Waals surface area (Å²) in [7, 11) is 1.69. The molecule has 2 aromatic carbocycles. The van der Waals surface area contributed by atoms with Crippen LogP contribution >= 0.6 is 0 Å². The highest BCUT2D eigenvalue weighted by Gasteiger charge is 2.21. The van der Waals surface area contributed by atoms with Crippen LogP contribution in [0.1, 0.15) is 22.4 Å². The maximum atomic E-state index is 5.33. The Morgan fingerprint density at radius 3 is 2.85 bits per heavy atom. The molecule has 1 aliphatic rings. The van der Waals surface area contributed by atoms with Crippen molar-refractivity contribution < 1.29 is 4.74 Å². The van der Waals surface area contributed by atoms with Gasteiger partial charge < -0.3 is 10.2 Å². The number of hydrogen-bond acceptors (Lipinski definition) is 4. The summed E-state index contributed by atoms with van der Waals surface area (Å²) in [4.78, 5) is 4.70. The molecule has 0 bridgehead atoms. The van der Waals surface area contributed by atoms with Gasteiger partial charge in [0.2, 0.25) is 0 Å². The Bertz CT molecular complexity index is 947. The zero-order valence-corrected chi connectivity index (χ0v) is 14.9. The summed E-state index contributed by atoms with van der Waals surface area (Å²) in [5, 5.41) is 9.31. The molecule has 1 aliphatic heterocycles. The van der Waals surface area contributed by atoms with Crippen LogP contribution in [0.4, 0.5) is 5.82 Å². The molecule has 0 saturated carbocycles. The second-order valence-corrected chi connectivity index (χ2v) is 6.35. The predicted molar refractivity (Wildman–Crippen MR) is 101 cm³/mol. The van der Waals surface area contributed by atoms with Crippen LogP contribution in [0.25, 0.3) is 0 Å². The van der Waals surface area contributed by atoms with E-state index in [1.807, 2.05) is 31.2 Å². The fraction of sp³-hybridized carbons (Fsp3) is 0.200. The minimum absolute atomic E-state index is 0.669. The lowest BCUT2D eigenvalue weighted by atomic mass is 10.0. The number of aromatic nitrogens is 2. The molecule has 0 unspecified atom stereocenters. The first-order valence-corrected chi connectivity index (χ1v) is 8.55. The zero-order valence-electron chi connectivity index (χ0n) is 14.9. The van der Waals surface area contributed by atoms with Gasteiger partial charge in [-0.1, -0.05) is 36.4 Å². The van der Waals surface area contributed by atoms with E-state index < -0.39 is 0 Å². The van der Waals surface area contributed by atoms with Gasteiger partial charge >= 0.3 is 0 Å². The minimum atomic E-state index is 0.669. The van der Waals surface area contributed by atoms with Gasteiger partial charge in [0.1, 0.15) is 5.75 Å². The highest BCUT2D eigenvalue weighted by molar-refractivity contribution is 6.01. The van der Waals surface area contributed by atoms with Gasteiger partial charge in [0.05, 0.1) is 7.11 Å². The standard InChI is InChI=1S/C20H21N5O/c1-14-10-19(23-22-14)21-20-18-9-4-3-7-16(18)13-25(24-20)12-15-6-5-8-17(11-15)26-2/h3-11H,12-13H2,1-2H3,(H2,21,22,23,24). The first kappa shape index (κ1) is 16.4. The Hall–Kier alpha value is -3.12. The van der Waals surface area contributed by atoms with Crippen molar-refractivity contribution in [3.63, 3.8) is 0 Å². The number of aliphatic imine (C=N–C) groups is 1. The summed E-state index contributed by atoms with van der Waals surface area (Å²) in [6.07, 6.45) is 0. The van der Waals surface area contributed by atoms with Gasteiger partial charge in [-0.2, -0.15) is 5.10 Å². The molecular weight excluding hydrogens is 326 g/mol. The smallest absolute Gasteiger partial charge is 0.175 e. The summed E-state index contributed by atoms with van der Waals surface area (Å²) in [5.41, 5.74) is 7.94. The van der Waals surface area contributed by atoms with Gasteiger partial charge in [-0.3, -0.25) is 5.10 Å². The normalized spacial score (nSPS) is 15.5. The van der Waals surface area contributed by atoms with Crippen LogP contribution < -0.4 is 10.2 Å². The zero-order chi connectivity index (χ0) is 17.9. The molecule has 2 heterocycles. The Balaban J connectivity index is 1.63. The molecule has 0 atom stereocenters. The van der Waals surface area contributed by atoms with Gasteiger partial charge in [0, 0.05) is 30.4 Å². The Morgan fingerprint density at radius 1 is 1.15 bits per heavy atom. The van der Waals surface area contributed by atoms with Crippen molar-refractivity contribution in [2.45, 2.75) is 20.0 Å². The van der Waals surface area contributed by atoms with Gasteiger partial charge in [0.25, 0.3) is 0 Å². The molecule has 0 fully saturated rings. The van der Waals surface area contributed by atoms with Gasteiger partial charge in [-0.25, -0.2) is 10.0 Å². The van der Waals surface area contributed by atoms with E-state index in [0.717, 1.165) is 35.9 Å². The van der Waals surface area contributed by atoms with E-state index in [4.69, 9.17) is 9.73 Å². The van der Waals surface area contributed by atoms with Crippen LogP contribution in [-0.2, 0) is 13.1 Å². The Morgan fingerprint density at radius 2 is 2.04 bits per heavy atom. The molecule has 26 heavy (non-hydrogen) atoms. The van der Waals surface area contributed by atoms with E-state index in [0.29, 0.717) is 5.82 Å². The first-order chi connectivity index (χ1) is 12.7. The number of aromatic amines is 1. The molecule has 0 aliphatic carbocycles. The number of nitrogens with one attached hydrogen (secondary N) is 2. The van der Waals surface area contributed by atoms with Crippen molar-refractivity contribution in [1.82, 2.24) is 20.6 Å². The van der Waals surface area contributed by atoms with Crippen LogP contribution in [0.15, 0.2) is 59.6 Å². The predicted octanol–water partition coefficient (Wildman–Crippen LogP) is 3.33. The number of H-pyrrole nitrogens is 1. The lowest BCUT2D eigenvalue weighted by molar-refractivity contribution is 0.209. The number of nitrogens with zero attached hydrogens (tertiary/aromatic N) is 3. The quantitative estimate of drug-likeness (QED) is 0.760. The summed E-state index contributed by atoms with van der Waals surface area (Å²) in [6, 6.07) is 18.4. The average molecular weight is 347 g/mol. The van der Waals surface area contributed by atoms with Crippen LogP contribution in [0.3, 0.4) is 0 Å². The maximum absolute atomic E-state index is 5.33. The molecule has 6 heteroatoms. The molecule has 2 N–H and O–H groups in total. The molecule has 0 radical (unpaired) electrons. The molecule has 0 saturated heterocycles. The number of ether oxygens (including phenoxy) is 1. The molecule has 0 amide bonds. The van der Waals surface area contributed by atoms with E-state index in [1.165, 1.54) is 11.1 Å². The molecule has 4 rings (SSSR count). The number of rotatable bonds is 4. The fourth-order valence-electron chi connectivity index (χ4n) is 3.09. The number of methoxy groups -OCH3 is 1. The lowest BCUT2D eigenvalue weighted by Crippen LogP contribution is -2.45. The number of hydrogen-bond donors (Lipinski definition) is 2. The van der Waals surface area contributed by atoms with E-state index in [-0.39, 0.29) is 0 Å². The number of hydrazine groups is 1. The number of benzene rings is 2. The van der Waals surface area contributed by atoms with E-state index in [2.05, 4.69) is 51.0 Å². The van der Waals surface area contributed by atoms with Gasteiger partial charge in [0.15, 0.2) is 11.7 Å². The van der Waals surface area contributed by atoms with E-state index in [1.54, 1.807) is 7.11 Å². The van der Waals surface area contributed by atoms with Crippen LogP contribution in [0, 0.1) is 6.92 Å². The van der Waals surface area contributed by atoms with Crippen molar-refractivity contribution in [3.8, 4) is 5.75 Å². The van der Waals surface area contributed by atoms with E-state index in [9.17, 15) is 0 Å². The third-order valence-electron chi connectivity index (χ3n) is 4.32. The van der Waals surface area contributed by atoms with Crippen molar-refractivity contribution in [3.05, 3.63) is 77.0 Å². The van der Waals surface area contributed by atoms with Crippen molar-refractivity contribution in [1.29, 1.82) is 0 Å². The van der Waals surface area contributed by atoms with Crippen LogP contribution in [0.5, 0.6) is 5.75 Å². The highest BCUT2D eigenvalue weighted by Crippen LogP contribution is 2.21. The third kappa shape index (κ3) is 3.45. The number of amidine groups is 1. The highest BCUT2D eigenvalue weighted by atomic mass is 16.5. The van der Waals surface area contributed by atoms with Crippen molar-refractivity contribution in [2.75, 3.05) is 7.11 Å². The van der Waals surface area contributed by atoms with Gasteiger partial charge in [-0.05, 0) is 30.2 Å². The maximum Gasteiger partial charge on any atom is 0.175 e. The van der Waals surface area contributed by atoms with Crippen LogP contribution in [0.2, 0.25) is 0 Å².